The van der Waals surface area contributed by atoms with Crippen molar-refractivity contribution in [2.75, 3.05) is 6.61 Å². The van der Waals surface area contributed by atoms with Crippen LogP contribution in [0.15, 0.2) is 0 Å². The average molecular weight is 353 g/mol. The van der Waals surface area contributed by atoms with Crippen molar-refractivity contribution in [1.82, 2.24) is 0 Å². The number of hydrogen-bond acceptors (Lipinski definition) is 1. The Kier molecular flexibility index (Phi) is 14.9. The summed E-state index contributed by atoms with van der Waals surface area (Å²) in [6.45, 7) is 5.63. The second kappa shape index (κ2) is 16.2. The zero-order chi connectivity index (χ0) is 18.1. The summed E-state index contributed by atoms with van der Waals surface area (Å²) >= 11 is 0. The van der Waals surface area contributed by atoms with E-state index in [2.05, 4.69) is 13.8 Å². The van der Waals surface area contributed by atoms with E-state index in [-0.39, 0.29) is 0 Å². The molecule has 150 valence electrons. The van der Waals surface area contributed by atoms with E-state index >= 15 is 0 Å². The molecule has 1 rings (SSSR count). The van der Waals surface area contributed by atoms with Crippen LogP contribution in [0, 0.1) is 0 Å². The third kappa shape index (κ3) is 13.8. The molecule has 0 spiro atoms. The highest BCUT2D eigenvalue weighted by Crippen LogP contribution is 2.37. The maximum absolute atomic E-state index is 5.72. The van der Waals surface area contributed by atoms with Gasteiger partial charge >= 0.3 is 0 Å². The van der Waals surface area contributed by atoms with E-state index < -0.39 is 0 Å². The minimum atomic E-state index is 0.339. The molecule has 1 unspecified atom stereocenters. The van der Waals surface area contributed by atoms with E-state index in [0.29, 0.717) is 5.60 Å². The van der Waals surface area contributed by atoms with Crippen LogP contribution in [0.4, 0.5) is 0 Å². The van der Waals surface area contributed by atoms with E-state index in [0.717, 1.165) is 6.61 Å². The fourth-order valence-corrected chi connectivity index (χ4v) is 4.01. The Morgan fingerprint density at radius 1 is 0.480 bits per heavy atom. The predicted molar refractivity (Wildman–Crippen MR) is 112 cm³/mol. The molecule has 0 aromatic heterocycles. The summed E-state index contributed by atoms with van der Waals surface area (Å²) in [7, 11) is 0. The number of rotatable bonds is 20. The minimum absolute atomic E-state index is 0.339. The van der Waals surface area contributed by atoms with E-state index in [9.17, 15) is 0 Å². The zero-order valence-corrected chi connectivity index (χ0v) is 17.8. The van der Waals surface area contributed by atoms with Crippen molar-refractivity contribution in [3.63, 3.8) is 0 Å². The number of epoxide rings is 1. The van der Waals surface area contributed by atoms with Crippen molar-refractivity contribution < 1.29 is 4.74 Å². The van der Waals surface area contributed by atoms with Crippen LogP contribution in [0.3, 0.4) is 0 Å². The van der Waals surface area contributed by atoms with Gasteiger partial charge in [-0.15, -0.1) is 0 Å². The van der Waals surface area contributed by atoms with Gasteiger partial charge in [0, 0.05) is 0 Å². The van der Waals surface area contributed by atoms with Gasteiger partial charge in [-0.3, -0.25) is 0 Å². The van der Waals surface area contributed by atoms with Crippen LogP contribution in [-0.4, -0.2) is 12.2 Å². The van der Waals surface area contributed by atoms with Crippen molar-refractivity contribution in [2.24, 2.45) is 0 Å². The van der Waals surface area contributed by atoms with Gasteiger partial charge in [0.05, 0.1) is 12.2 Å². The molecule has 0 radical (unpaired) electrons. The summed E-state index contributed by atoms with van der Waals surface area (Å²) in [6.07, 6.45) is 28.6. The summed E-state index contributed by atoms with van der Waals surface area (Å²) in [6, 6.07) is 0. The quantitative estimate of drug-likeness (QED) is 0.158. The molecule has 1 heteroatoms. The summed E-state index contributed by atoms with van der Waals surface area (Å²) in [5.74, 6) is 0. The fraction of sp³-hybridized carbons (Fsp3) is 1.00. The van der Waals surface area contributed by atoms with Crippen molar-refractivity contribution in [3.8, 4) is 0 Å². The Labute approximate surface area is 159 Å². The first-order chi connectivity index (χ1) is 12.3. The minimum Gasteiger partial charge on any atom is -0.370 e. The lowest BCUT2D eigenvalue weighted by atomic mass is 9.95. The number of unbranched alkanes of at least 4 members (excludes halogenated alkanes) is 16. The standard InChI is InChI=1S/C24H48O/c1-3-5-7-8-9-10-11-12-13-14-15-16-17-18-19-20-22-24(23-25-24)21-6-4-2/h3-23H2,1-2H3. The molecule has 0 saturated carbocycles. The smallest absolute Gasteiger partial charge is 0.0916 e. The van der Waals surface area contributed by atoms with Gasteiger partial charge in [0.1, 0.15) is 0 Å². The Balaban J connectivity index is 1.70. The SMILES string of the molecule is CCCCCCCCCCCCCCCCCCC1(CCCC)CO1. The topological polar surface area (TPSA) is 12.5 Å². The molecule has 25 heavy (non-hydrogen) atoms. The Morgan fingerprint density at radius 3 is 1.16 bits per heavy atom. The molecule has 1 atom stereocenters. The summed E-state index contributed by atoms with van der Waals surface area (Å²) in [5.41, 5.74) is 0.339. The van der Waals surface area contributed by atoms with Gasteiger partial charge in [0.25, 0.3) is 0 Å². The van der Waals surface area contributed by atoms with Gasteiger partial charge in [-0.2, -0.15) is 0 Å². The van der Waals surface area contributed by atoms with E-state index in [1.54, 1.807) is 0 Å². The van der Waals surface area contributed by atoms with Gasteiger partial charge in [-0.25, -0.2) is 0 Å². The van der Waals surface area contributed by atoms with Gasteiger partial charge in [-0.1, -0.05) is 129 Å². The lowest BCUT2D eigenvalue weighted by Gasteiger charge is -2.10. The monoisotopic (exact) mass is 352 g/mol. The van der Waals surface area contributed by atoms with Gasteiger partial charge in [0.2, 0.25) is 0 Å². The Bertz CT molecular complexity index is 269. The highest BCUT2D eigenvalue weighted by Gasteiger charge is 2.42. The molecule has 0 aliphatic carbocycles. The molecule has 0 bridgehead atoms. The molecular weight excluding hydrogens is 304 g/mol. The number of hydrogen-bond donors (Lipinski definition) is 0. The summed E-state index contributed by atoms with van der Waals surface area (Å²) < 4.78 is 5.72. The molecular formula is C24H48O. The first-order valence-corrected chi connectivity index (χ1v) is 12.0. The molecule has 1 nitrogen and oxygen atoms in total. The second-order valence-corrected chi connectivity index (χ2v) is 8.63. The van der Waals surface area contributed by atoms with Crippen LogP contribution < -0.4 is 0 Å². The molecule has 0 aromatic rings. The van der Waals surface area contributed by atoms with Crippen LogP contribution >= 0.6 is 0 Å². The first-order valence-electron chi connectivity index (χ1n) is 12.0. The van der Waals surface area contributed by atoms with Crippen LogP contribution in [0.2, 0.25) is 0 Å². The van der Waals surface area contributed by atoms with Crippen molar-refractivity contribution in [2.45, 2.75) is 148 Å². The molecule has 1 fully saturated rings. The summed E-state index contributed by atoms with van der Waals surface area (Å²) in [5, 5.41) is 0. The molecule has 1 aliphatic rings. The average Bonchev–Trinajstić information content (AvgIpc) is 3.40. The third-order valence-corrected chi connectivity index (χ3v) is 6.02. The molecule has 1 saturated heterocycles. The van der Waals surface area contributed by atoms with Crippen molar-refractivity contribution >= 4 is 0 Å². The zero-order valence-electron chi connectivity index (χ0n) is 17.8. The van der Waals surface area contributed by atoms with Crippen LogP contribution in [0.25, 0.3) is 0 Å². The van der Waals surface area contributed by atoms with Crippen LogP contribution in [-0.2, 0) is 4.74 Å². The number of ether oxygens (including phenoxy) is 1. The molecule has 1 aliphatic heterocycles. The lowest BCUT2D eigenvalue weighted by molar-refractivity contribution is 0.262. The highest BCUT2D eigenvalue weighted by atomic mass is 16.6. The summed E-state index contributed by atoms with van der Waals surface area (Å²) in [4.78, 5) is 0. The second-order valence-electron chi connectivity index (χ2n) is 8.63. The predicted octanol–water partition coefficient (Wildman–Crippen LogP) is 8.60. The molecule has 0 aromatic carbocycles. The van der Waals surface area contributed by atoms with Gasteiger partial charge < -0.3 is 4.74 Å². The Hall–Kier alpha value is -0.0400. The third-order valence-electron chi connectivity index (χ3n) is 6.02. The first kappa shape index (κ1) is 23.0. The van der Waals surface area contributed by atoms with Gasteiger partial charge in [-0.05, 0) is 12.8 Å². The fourth-order valence-electron chi connectivity index (χ4n) is 4.01. The van der Waals surface area contributed by atoms with Crippen molar-refractivity contribution in [3.05, 3.63) is 0 Å². The molecule has 0 amide bonds. The largest absolute Gasteiger partial charge is 0.370 e. The lowest BCUT2D eigenvalue weighted by Crippen LogP contribution is -2.10. The van der Waals surface area contributed by atoms with Gasteiger partial charge in [0.15, 0.2) is 0 Å². The maximum atomic E-state index is 5.72. The highest BCUT2D eigenvalue weighted by molar-refractivity contribution is 4.91. The molecule has 0 N–H and O–H groups in total. The Morgan fingerprint density at radius 2 is 0.800 bits per heavy atom. The van der Waals surface area contributed by atoms with E-state index in [4.69, 9.17) is 4.74 Å². The maximum Gasteiger partial charge on any atom is 0.0916 e. The van der Waals surface area contributed by atoms with Crippen molar-refractivity contribution in [1.29, 1.82) is 0 Å². The van der Waals surface area contributed by atoms with E-state index in [1.165, 1.54) is 128 Å². The van der Waals surface area contributed by atoms with Crippen LogP contribution in [0.1, 0.15) is 142 Å². The normalized spacial score (nSPS) is 19.4. The molecule has 1 heterocycles. The van der Waals surface area contributed by atoms with Crippen LogP contribution in [0.5, 0.6) is 0 Å². The van der Waals surface area contributed by atoms with E-state index in [1.807, 2.05) is 0 Å².